The van der Waals surface area contributed by atoms with E-state index in [1.807, 2.05) is 37.3 Å². The van der Waals surface area contributed by atoms with Gasteiger partial charge in [-0.05, 0) is 54.8 Å². The number of carbonyl (C=O) groups excluding carboxylic acids is 4. The van der Waals surface area contributed by atoms with Crippen molar-refractivity contribution >= 4 is 46.7 Å². The summed E-state index contributed by atoms with van der Waals surface area (Å²) in [6.45, 7) is 3.11. The van der Waals surface area contributed by atoms with Crippen molar-refractivity contribution in [3.63, 3.8) is 0 Å². The number of hydrogen-bond acceptors (Lipinski definition) is 6. The molecule has 2 saturated heterocycles. The molecule has 6 rings (SSSR count). The van der Waals surface area contributed by atoms with Crippen LogP contribution in [-0.4, -0.2) is 29.7 Å². The lowest BCUT2D eigenvalue weighted by Crippen LogP contribution is -2.53. The van der Waals surface area contributed by atoms with Gasteiger partial charge in [0.15, 0.2) is 0 Å². The van der Waals surface area contributed by atoms with E-state index in [1.54, 1.807) is 24.3 Å². The summed E-state index contributed by atoms with van der Waals surface area (Å²) < 4.78 is 5.09. The first-order valence-corrected chi connectivity index (χ1v) is 12.7. The molecule has 38 heavy (non-hydrogen) atoms. The first kappa shape index (κ1) is 24.3. The molecule has 8 nitrogen and oxygen atoms in total. The van der Waals surface area contributed by atoms with Gasteiger partial charge in [-0.3, -0.25) is 24.5 Å². The maximum absolute atomic E-state index is 14.1. The van der Waals surface area contributed by atoms with Crippen LogP contribution in [0.3, 0.4) is 0 Å². The molecule has 4 unspecified atom stereocenters. The summed E-state index contributed by atoms with van der Waals surface area (Å²) in [5, 5.41) is 6.89. The molecule has 4 atom stereocenters. The number of benzene rings is 3. The standard InChI is InChI=1S/C29H24ClN3O5/c1-15-21(30)13-12-20-25(15)31-28(37)29(20)24-23(22(32-29)14-17-6-4-3-5-7-17)26(35)33(27(24)36)18-8-10-19(11-9-18)38-16(2)34/h3-13,22-24,32H,14H2,1-2H3,(H,31,37). The first-order chi connectivity index (χ1) is 18.2. The fraction of sp³-hybridized carbons (Fsp3) is 0.241. The fourth-order valence-electron chi connectivity index (χ4n) is 6.12. The lowest BCUT2D eigenvalue weighted by Gasteiger charge is -2.29. The van der Waals surface area contributed by atoms with E-state index < -0.39 is 35.3 Å². The molecule has 2 N–H and O–H groups in total. The molecule has 3 heterocycles. The quantitative estimate of drug-likeness (QED) is 0.303. The molecule has 0 bridgehead atoms. The monoisotopic (exact) mass is 529 g/mol. The van der Waals surface area contributed by atoms with Crippen LogP contribution in [0.15, 0.2) is 66.7 Å². The average Bonchev–Trinajstić information content (AvgIpc) is 3.47. The van der Waals surface area contributed by atoms with E-state index in [2.05, 4.69) is 10.6 Å². The van der Waals surface area contributed by atoms with E-state index in [9.17, 15) is 19.2 Å². The number of carbonyl (C=O) groups is 4. The molecule has 3 aliphatic rings. The van der Waals surface area contributed by atoms with Crippen LogP contribution < -0.4 is 20.3 Å². The molecule has 9 heteroatoms. The maximum Gasteiger partial charge on any atom is 0.308 e. The Balaban J connectivity index is 1.46. The third-order valence-electron chi connectivity index (χ3n) is 7.74. The molecule has 192 valence electrons. The van der Waals surface area contributed by atoms with Gasteiger partial charge >= 0.3 is 5.97 Å². The molecule has 2 fully saturated rings. The smallest absolute Gasteiger partial charge is 0.308 e. The molecule has 0 aromatic heterocycles. The number of rotatable bonds is 4. The van der Waals surface area contributed by atoms with Crippen LogP contribution >= 0.6 is 11.6 Å². The third kappa shape index (κ3) is 3.48. The number of nitrogens with zero attached hydrogens (tertiary/aromatic N) is 1. The van der Waals surface area contributed by atoms with Crippen molar-refractivity contribution in [2.75, 3.05) is 10.2 Å². The zero-order valence-electron chi connectivity index (χ0n) is 20.7. The van der Waals surface area contributed by atoms with Gasteiger partial charge < -0.3 is 10.1 Å². The molecular weight excluding hydrogens is 506 g/mol. The second-order valence-electron chi connectivity index (χ2n) is 9.90. The summed E-state index contributed by atoms with van der Waals surface area (Å²) in [4.78, 5) is 54.3. The normalized spacial score (nSPS) is 25.5. The van der Waals surface area contributed by atoms with Gasteiger partial charge in [0.1, 0.15) is 11.3 Å². The van der Waals surface area contributed by atoms with Gasteiger partial charge in [-0.1, -0.05) is 48.0 Å². The van der Waals surface area contributed by atoms with Crippen LogP contribution in [0.4, 0.5) is 11.4 Å². The Morgan fingerprint density at radius 1 is 1.00 bits per heavy atom. The highest BCUT2D eigenvalue weighted by Gasteiger charge is 2.70. The number of fused-ring (bicyclic) bond motifs is 4. The highest BCUT2D eigenvalue weighted by atomic mass is 35.5. The summed E-state index contributed by atoms with van der Waals surface area (Å²) >= 11 is 6.35. The predicted octanol–water partition coefficient (Wildman–Crippen LogP) is 3.74. The fourth-order valence-corrected chi connectivity index (χ4v) is 6.27. The number of nitrogens with one attached hydrogen (secondary N) is 2. The summed E-state index contributed by atoms with van der Waals surface area (Å²) in [5.74, 6) is -3.12. The Hall–Kier alpha value is -4.01. The number of halogens is 1. The van der Waals surface area contributed by atoms with Gasteiger partial charge in [0.2, 0.25) is 17.7 Å². The van der Waals surface area contributed by atoms with E-state index in [0.717, 1.165) is 10.5 Å². The molecule has 3 aromatic carbocycles. The molecule has 3 amide bonds. The Bertz CT molecular complexity index is 1510. The van der Waals surface area contributed by atoms with E-state index in [-0.39, 0.29) is 11.8 Å². The van der Waals surface area contributed by atoms with Crippen LogP contribution in [-0.2, 0) is 31.1 Å². The zero-order chi connectivity index (χ0) is 26.8. The van der Waals surface area contributed by atoms with E-state index >= 15 is 0 Å². The van der Waals surface area contributed by atoms with E-state index in [4.69, 9.17) is 16.3 Å². The summed E-state index contributed by atoms with van der Waals surface area (Å²) in [5.41, 5.74) is 1.80. The number of anilines is 2. The lowest BCUT2D eigenvalue weighted by atomic mass is 9.76. The van der Waals surface area contributed by atoms with Crippen molar-refractivity contribution in [2.24, 2.45) is 11.8 Å². The van der Waals surface area contributed by atoms with Crippen LogP contribution in [0.1, 0.15) is 23.6 Å². The lowest BCUT2D eigenvalue weighted by molar-refractivity contribution is -0.132. The van der Waals surface area contributed by atoms with Gasteiger partial charge in [0, 0.05) is 23.6 Å². The number of ether oxygens (including phenoxy) is 1. The van der Waals surface area contributed by atoms with Crippen LogP contribution in [0.25, 0.3) is 0 Å². The van der Waals surface area contributed by atoms with Gasteiger partial charge in [-0.25, -0.2) is 4.90 Å². The molecule has 3 aliphatic heterocycles. The Labute approximate surface area is 223 Å². The van der Waals surface area contributed by atoms with Gasteiger partial charge in [0.05, 0.1) is 23.2 Å². The van der Waals surface area contributed by atoms with Crippen LogP contribution in [0, 0.1) is 18.8 Å². The van der Waals surface area contributed by atoms with Crippen molar-refractivity contribution < 1.29 is 23.9 Å². The second-order valence-corrected chi connectivity index (χ2v) is 10.3. The Morgan fingerprint density at radius 2 is 1.71 bits per heavy atom. The molecule has 0 aliphatic carbocycles. The minimum absolute atomic E-state index is 0.303. The molecule has 3 aromatic rings. The topological polar surface area (TPSA) is 105 Å². The summed E-state index contributed by atoms with van der Waals surface area (Å²) in [6, 6.07) is 18.8. The molecule has 0 radical (unpaired) electrons. The van der Waals surface area contributed by atoms with Gasteiger partial charge in [-0.2, -0.15) is 0 Å². The summed E-state index contributed by atoms with van der Waals surface area (Å²) in [6.07, 6.45) is 0.456. The largest absolute Gasteiger partial charge is 0.427 e. The number of imide groups is 1. The number of amides is 3. The van der Waals surface area contributed by atoms with E-state index in [1.165, 1.54) is 19.1 Å². The number of hydrogen-bond donors (Lipinski definition) is 2. The third-order valence-corrected chi connectivity index (χ3v) is 8.15. The SMILES string of the molecule is CC(=O)Oc1ccc(N2C(=O)C3C(Cc4ccccc4)NC4(C(=O)Nc5c4ccc(Cl)c5C)C3C2=O)cc1. The van der Waals surface area contributed by atoms with Crippen molar-refractivity contribution in [2.45, 2.75) is 31.8 Å². The zero-order valence-corrected chi connectivity index (χ0v) is 21.4. The number of esters is 1. The van der Waals surface area contributed by atoms with E-state index in [0.29, 0.717) is 39.7 Å². The minimum atomic E-state index is -1.42. The van der Waals surface area contributed by atoms with Gasteiger partial charge in [-0.15, -0.1) is 0 Å². The highest BCUT2D eigenvalue weighted by Crippen LogP contribution is 2.55. The average molecular weight is 530 g/mol. The van der Waals surface area contributed by atoms with Crippen molar-refractivity contribution in [1.82, 2.24) is 5.32 Å². The van der Waals surface area contributed by atoms with Crippen LogP contribution in [0.5, 0.6) is 5.75 Å². The molecule has 0 saturated carbocycles. The van der Waals surface area contributed by atoms with Crippen molar-refractivity contribution in [3.8, 4) is 5.75 Å². The Morgan fingerprint density at radius 3 is 2.39 bits per heavy atom. The minimum Gasteiger partial charge on any atom is -0.427 e. The predicted molar refractivity (Wildman–Crippen MR) is 141 cm³/mol. The maximum atomic E-state index is 14.1. The second kappa shape index (κ2) is 8.79. The molecular formula is C29H24ClN3O5. The van der Waals surface area contributed by atoms with Gasteiger partial charge in [0.25, 0.3) is 0 Å². The van der Waals surface area contributed by atoms with Crippen molar-refractivity contribution in [1.29, 1.82) is 0 Å². The van der Waals surface area contributed by atoms with Crippen molar-refractivity contribution in [3.05, 3.63) is 88.4 Å². The first-order valence-electron chi connectivity index (χ1n) is 12.3. The summed E-state index contributed by atoms with van der Waals surface area (Å²) in [7, 11) is 0. The van der Waals surface area contributed by atoms with Crippen LogP contribution in [0.2, 0.25) is 5.02 Å². The Kier molecular flexibility index (Phi) is 5.63. The highest BCUT2D eigenvalue weighted by molar-refractivity contribution is 6.32. The molecule has 1 spiro atoms.